The molecule has 2 aromatic carbocycles. The molecule has 8 nitrogen and oxygen atoms in total. The molecule has 0 unspecified atom stereocenters. The monoisotopic (exact) mass is 452 g/mol. The molecular weight excluding hydrogens is 428 g/mol. The second-order valence-electron chi connectivity index (χ2n) is 7.83. The molecule has 0 saturated carbocycles. The van der Waals surface area contributed by atoms with Crippen LogP contribution in [0.4, 0.5) is 11.4 Å². The summed E-state index contributed by atoms with van der Waals surface area (Å²) in [5, 5.41) is 7.27. The molecule has 0 saturated heterocycles. The summed E-state index contributed by atoms with van der Waals surface area (Å²) in [6.07, 6.45) is 1.82. The van der Waals surface area contributed by atoms with Crippen molar-refractivity contribution in [2.45, 2.75) is 25.7 Å². The summed E-state index contributed by atoms with van der Waals surface area (Å²) < 4.78 is 36.3. The highest BCUT2D eigenvalue weighted by Gasteiger charge is 2.29. The first kappa shape index (κ1) is 21.6. The van der Waals surface area contributed by atoms with Crippen LogP contribution in [0.1, 0.15) is 25.1 Å². The summed E-state index contributed by atoms with van der Waals surface area (Å²) in [6, 6.07) is 9.90. The van der Waals surface area contributed by atoms with Crippen LogP contribution in [-0.2, 0) is 21.9 Å². The van der Waals surface area contributed by atoms with Crippen molar-refractivity contribution in [2.24, 2.45) is 7.05 Å². The molecule has 0 bridgehead atoms. The van der Waals surface area contributed by atoms with Gasteiger partial charge in [-0.1, -0.05) is 17.7 Å². The minimum Gasteiger partial charge on any atom is -0.495 e. The van der Waals surface area contributed by atoms with E-state index < -0.39 is 10.0 Å². The largest absolute Gasteiger partial charge is 0.495 e. The zero-order valence-corrected chi connectivity index (χ0v) is 19.3. The van der Waals surface area contributed by atoms with Crippen molar-refractivity contribution in [1.29, 1.82) is 0 Å². The van der Waals surface area contributed by atoms with E-state index >= 15 is 0 Å². The van der Waals surface area contributed by atoms with E-state index in [1.54, 1.807) is 42.1 Å². The number of sulfonamides is 1. The fourth-order valence-electron chi connectivity index (χ4n) is 3.93. The molecule has 1 amide bonds. The lowest BCUT2D eigenvalue weighted by Gasteiger charge is -2.16. The topological polar surface area (TPSA) is 102 Å². The highest BCUT2D eigenvalue weighted by atomic mass is 32.2. The van der Waals surface area contributed by atoms with Gasteiger partial charge in [0.05, 0.1) is 18.5 Å². The van der Waals surface area contributed by atoms with Crippen LogP contribution < -0.4 is 14.8 Å². The fraction of sp³-hybridized carbons (Fsp3) is 0.217. The van der Waals surface area contributed by atoms with Gasteiger partial charge in [-0.05, 0) is 45.0 Å². The number of carbonyl (C=O) groups excluding carboxylic acids is 1. The molecular formula is C23H24N4O4S. The summed E-state index contributed by atoms with van der Waals surface area (Å²) >= 11 is 0. The average Bonchev–Trinajstić information content (AvgIpc) is 3.23. The molecule has 2 N–H and O–H groups in total. The van der Waals surface area contributed by atoms with Crippen molar-refractivity contribution < 1.29 is 17.9 Å². The molecule has 4 rings (SSSR count). The van der Waals surface area contributed by atoms with Crippen molar-refractivity contribution in [3.05, 3.63) is 59.4 Å². The van der Waals surface area contributed by atoms with Crippen LogP contribution in [0.15, 0.2) is 53.1 Å². The highest BCUT2D eigenvalue weighted by Crippen LogP contribution is 2.42. The molecule has 1 aliphatic rings. The Kier molecular flexibility index (Phi) is 5.29. The van der Waals surface area contributed by atoms with Gasteiger partial charge in [-0.15, -0.1) is 0 Å². The summed E-state index contributed by atoms with van der Waals surface area (Å²) in [5.41, 5.74) is 5.11. The van der Waals surface area contributed by atoms with Gasteiger partial charge in [0.2, 0.25) is 0 Å². The van der Waals surface area contributed by atoms with Gasteiger partial charge in [0.25, 0.3) is 15.9 Å². The molecule has 1 aliphatic heterocycles. The van der Waals surface area contributed by atoms with Crippen molar-refractivity contribution in [3.63, 3.8) is 0 Å². The fourth-order valence-corrected chi connectivity index (χ4v) is 5.17. The van der Waals surface area contributed by atoms with E-state index in [1.165, 1.54) is 13.2 Å². The van der Waals surface area contributed by atoms with Crippen LogP contribution in [-0.4, -0.2) is 31.2 Å². The quantitative estimate of drug-likeness (QED) is 0.571. The number of nitrogens with one attached hydrogen (secondary N) is 2. The predicted octanol–water partition coefficient (Wildman–Crippen LogP) is 3.95. The molecule has 32 heavy (non-hydrogen) atoms. The molecule has 166 valence electrons. The number of aromatic nitrogens is 2. The van der Waals surface area contributed by atoms with E-state index in [0.717, 1.165) is 16.8 Å². The van der Waals surface area contributed by atoms with E-state index in [-0.39, 0.29) is 16.6 Å². The number of anilines is 2. The van der Waals surface area contributed by atoms with Gasteiger partial charge < -0.3 is 10.1 Å². The van der Waals surface area contributed by atoms with Crippen molar-refractivity contribution in [2.75, 3.05) is 17.1 Å². The smallest absolute Gasteiger partial charge is 0.265 e. The number of aryl methyl sites for hydroxylation is 2. The molecule has 0 aliphatic carbocycles. The number of allylic oxidation sites excluding steroid dienone is 1. The summed E-state index contributed by atoms with van der Waals surface area (Å²) in [7, 11) is -0.765. The number of ether oxygens (including phenoxy) is 1. The lowest BCUT2D eigenvalue weighted by atomic mass is 9.97. The second kappa shape index (κ2) is 7.83. The van der Waals surface area contributed by atoms with Crippen molar-refractivity contribution in [3.8, 4) is 16.9 Å². The molecule has 2 heterocycles. The molecule has 9 heteroatoms. The van der Waals surface area contributed by atoms with E-state index in [2.05, 4.69) is 15.1 Å². The van der Waals surface area contributed by atoms with E-state index in [4.69, 9.17) is 4.74 Å². The van der Waals surface area contributed by atoms with Crippen LogP contribution in [0.25, 0.3) is 16.7 Å². The van der Waals surface area contributed by atoms with Crippen LogP contribution in [0.2, 0.25) is 0 Å². The summed E-state index contributed by atoms with van der Waals surface area (Å²) in [5.74, 6) is 0.0284. The van der Waals surface area contributed by atoms with Gasteiger partial charge >= 0.3 is 0 Å². The van der Waals surface area contributed by atoms with E-state index in [1.807, 2.05) is 27.0 Å². The SMILES string of the molecule is COc1ccccc1S(=O)(=O)Nc1cc2c(cc1-c1cn(C)nc1C)NC(=O)C2=C(C)C. The molecule has 0 radical (unpaired) electrons. The summed E-state index contributed by atoms with van der Waals surface area (Å²) in [6.45, 7) is 5.55. The first-order valence-electron chi connectivity index (χ1n) is 9.96. The zero-order valence-electron chi connectivity index (χ0n) is 18.5. The Balaban J connectivity index is 1.93. The van der Waals surface area contributed by atoms with Gasteiger partial charge in [0.15, 0.2) is 0 Å². The second-order valence-corrected chi connectivity index (χ2v) is 9.48. The maximum absolute atomic E-state index is 13.3. The first-order valence-corrected chi connectivity index (χ1v) is 11.4. The third-order valence-electron chi connectivity index (χ3n) is 5.31. The summed E-state index contributed by atoms with van der Waals surface area (Å²) in [4.78, 5) is 12.6. The van der Waals surface area contributed by atoms with Gasteiger partial charge in [0.1, 0.15) is 10.6 Å². The Hall–Kier alpha value is -3.59. The highest BCUT2D eigenvalue weighted by molar-refractivity contribution is 7.92. The van der Waals surface area contributed by atoms with Crippen LogP contribution in [0, 0.1) is 6.92 Å². The Bertz CT molecular complexity index is 1380. The standard InChI is InChI=1S/C23H24N4O4S/c1-13(2)22-16-11-19(26-32(29,30)21-9-7-6-8-20(21)31-5)15(10-18(16)24-23(22)28)17-12-27(4)25-14(17)3/h6-12,26H,1-5H3,(H,24,28). The van der Waals surface area contributed by atoms with Gasteiger partial charge in [-0.2, -0.15) is 5.10 Å². The molecule has 0 atom stereocenters. The van der Waals surface area contributed by atoms with E-state index in [0.29, 0.717) is 28.1 Å². The van der Waals surface area contributed by atoms with Crippen molar-refractivity contribution in [1.82, 2.24) is 9.78 Å². The Morgan fingerprint density at radius 2 is 1.84 bits per heavy atom. The zero-order chi connectivity index (χ0) is 23.2. The number of amides is 1. The number of fused-ring (bicyclic) bond motifs is 1. The number of hydrogen-bond acceptors (Lipinski definition) is 5. The number of rotatable bonds is 5. The minimum absolute atomic E-state index is 0.0218. The maximum Gasteiger partial charge on any atom is 0.265 e. The number of carbonyl (C=O) groups is 1. The third kappa shape index (κ3) is 3.64. The normalized spacial score (nSPS) is 13.0. The minimum atomic E-state index is -3.98. The first-order chi connectivity index (χ1) is 15.1. The van der Waals surface area contributed by atoms with Crippen LogP contribution in [0.3, 0.4) is 0 Å². The maximum atomic E-state index is 13.3. The number of para-hydroxylation sites is 1. The molecule has 3 aromatic rings. The number of methoxy groups -OCH3 is 1. The molecule has 0 fully saturated rings. The van der Waals surface area contributed by atoms with E-state index in [9.17, 15) is 13.2 Å². The van der Waals surface area contributed by atoms with Crippen molar-refractivity contribution >= 4 is 32.9 Å². The lowest BCUT2D eigenvalue weighted by Crippen LogP contribution is -2.15. The Morgan fingerprint density at radius 3 is 2.47 bits per heavy atom. The number of hydrogen-bond donors (Lipinski definition) is 2. The van der Waals surface area contributed by atoms with Gasteiger partial charge in [-0.3, -0.25) is 14.2 Å². The van der Waals surface area contributed by atoms with Gasteiger partial charge in [-0.25, -0.2) is 8.42 Å². The average molecular weight is 453 g/mol. The van der Waals surface area contributed by atoms with Gasteiger partial charge in [0, 0.05) is 41.2 Å². The van der Waals surface area contributed by atoms with Crippen LogP contribution >= 0.6 is 0 Å². The Labute approximate surface area is 187 Å². The molecule has 1 aromatic heterocycles. The number of benzene rings is 2. The van der Waals surface area contributed by atoms with Crippen LogP contribution in [0.5, 0.6) is 5.75 Å². The number of nitrogens with zero attached hydrogens (tertiary/aromatic N) is 2. The Morgan fingerprint density at radius 1 is 1.12 bits per heavy atom. The third-order valence-corrected chi connectivity index (χ3v) is 6.71. The molecule has 0 spiro atoms. The lowest BCUT2D eigenvalue weighted by molar-refractivity contribution is -0.110. The predicted molar refractivity (Wildman–Crippen MR) is 124 cm³/mol.